The van der Waals surface area contributed by atoms with Crippen LogP contribution in [0.15, 0.2) is 12.4 Å². The molecule has 0 saturated heterocycles. The Hall–Kier alpha value is -1.83. The second kappa shape index (κ2) is 4.21. The maximum absolute atomic E-state index is 12.0. The van der Waals surface area contributed by atoms with Crippen molar-refractivity contribution in [3.63, 3.8) is 0 Å². The van der Waals surface area contributed by atoms with Crippen LogP contribution in [0.4, 0.5) is 5.69 Å². The van der Waals surface area contributed by atoms with Gasteiger partial charge in [0.2, 0.25) is 5.91 Å². The maximum Gasteiger partial charge on any atom is 0.244 e. The minimum atomic E-state index is -0.826. The fraction of sp³-hybridized carbons (Fsp3) is 0.583. The van der Waals surface area contributed by atoms with Gasteiger partial charge in [0.05, 0.1) is 18.0 Å². The Kier molecular flexibility index (Phi) is 2.88. The normalized spacial score (nSPS) is 27.0. The molecule has 0 unspecified atom stereocenters. The highest BCUT2D eigenvalue weighted by molar-refractivity contribution is 5.97. The zero-order chi connectivity index (χ0) is 12.5. The van der Waals surface area contributed by atoms with Crippen molar-refractivity contribution in [2.45, 2.75) is 33.2 Å². The van der Waals surface area contributed by atoms with E-state index in [0.29, 0.717) is 24.4 Å². The number of aryl methyl sites for hydroxylation is 1. The van der Waals surface area contributed by atoms with Crippen LogP contribution in [0.5, 0.6) is 0 Å². The zero-order valence-corrected chi connectivity index (χ0v) is 10.1. The highest BCUT2D eigenvalue weighted by atomic mass is 16.2. The number of nitriles is 1. The Morgan fingerprint density at radius 1 is 1.76 bits per heavy atom. The van der Waals surface area contributed by atoms with Gasteiger partial charge in [0.15, 0.2) is 0 Å². The molecule has 1 aromatic heterocycles. The van der Waals surface area contributed by atoms with E-state index in [1.807, 2.05) is 6.92 Å². The van der Waals surface area contributed by atoms with Crippen LogP contribution in [0.1, 0.15) is 26.7 Å². The van der Waals surface area contributed by atoms with E-state index >= 15 is 0 Å². The summed E-state index contributed by atoms with van der Waals surface area (Å²) < 4.78 is 1.73. The number of nitrogens with zero attached hydrogens (tertiary/aromatic N) is 3. The predicted molar refractivity (Wildman–Crippen MR) is 63.0 cm³/mol. The van der Waals surface area contributed by atoms with E-state index in [-0.39, 0.29) is 5.91 Å². The van der Waals surface area contributed by atoms with Gasteiger partial charge in [0.1, 0.15) is 5.41 Å². The molecule has 1 fully saturated rings. The number of hydrogen-bond acceptors (Lipinski definition) is 3. The topological polar surface area (TPSA) is 70.7 Å². The van der Waals surface area contributed by atoms with Crippen molar-refractivity contribution in [2.24, 2.45) is 11.3 Å². The monoisotopic (exact) mass is 232 g/mol. The summed E-state index contributed by atoms with van der Waals surface area (Å²) in [5, 5.41) is 16.0. The first kappa shape index (κ1) is 11.6. The van der Waals surface area contributed by atoms with E-state index in [9.17, 15) is 4.79 Å². The molecule has 1 aliphatic carbocycles. The van der Waals surface area contributed by atoms with Crippen LogP contribution < -0.4 is 5.32 Å². The van der Waals surface area contributed by atoms with Crippen molar-refractivity contribution < 1.29 is 4.79 Å². The molecule has 1 saturated carbocycles. The molecular formula is C12H16N4O. The fourth-order valence-electron chi connectivity index (χ4n) is 2.31. The molecule has 0 spiro atoms. The summed E-state index contributed by atoms with van der Waals surface area (Å²) in [7, 11) is 0. The lowest BCUT2D eigenvalue weighted by molar-refractivity contribution is -0.128. The number of carbonyl (C=O) groups excluding carboxylic acids is 1. The van der Waals surface area contributed by atoms with Crippen molar-refractivity contribution in [3.05, 3.63) is 12.4 Å². The summed E-state index contributed by atoms with van der Waals surface area (Å²) in [5.41, 5.74) is -0.167. The molecule has 5 heteroatoms. The van der Waals surface area contributed by atoms with Crippen LogP contribution in [-0.4, -0.2) is 15.7 Å². The van der Waals surface area contributed by atoms with Gasteiger partial charge in [0, 0.05) is 12.7 Å². The Morgan fingerprint density at radius 2 is 2.47 bits per heavy atom. The SMILES string of the molecule is CCn1cc(NC(=O)C2(C#N)CC(C)C2)cn1. The van der Waals surface area contributed by atoms with E-state index in [2.05, 4.69) is 23.4 Å². The average Bonchev–Trinajstić information content (AvgIpc) is 2.72. The van der Waals surface area contributed by atoms with Gasteiger partial charge in [-0.2, -0.15) is 10.4 Å². The molecule has 17 heavy (non-hydrogen) atoms. The Morgan fingerprint density at radius 3 is 2.94 bits per heavy atom. The first-order valence-electron chi connectivity index (χ1n) is 5.85. The fourth-order valence-corrected chi connectivity index (χ4v) is 2.31. The molecule has 0 aromatic carbocycles. The van der Waals surface area contributed by atoms with Gasteiger partial charge in [-0.15, -0.1) is 0 Å². The van der Waals surface area contributed by atoms with Gasteiger partial charge in [-0.3, -0.25) is 9.48 Å². The van der Waals surface area contributed by atoms with Gasteiger partial charge in [0.25, 0.3) is 0 Å². The van der Waals surface area contributed by atoms with E-state index in [0.717, 1.165) is 6.54 Å². The van der Waals surface area contributed by atoms with Crippen LogP contribution in [-0.2, 0) is 11.3 Å². The summed E-state index contributed by atoms with van der Waals surface area (Å²) in [6.07, 6.45) is 4.67. The Balaban J connectivity index is 2.04. The molecular weight excluding hydrogens is 216 g/mol. The standard InChI is InChI=1S/C12H16N4O/c1-3-16-7-10(6-14-16)15-11(17)12(8-13)4-9(2)5-12/h6-7,9H,3-5H2,1-2H3,(H,15,17). The lowest BCUT2D eigenvalue weighted by Crippen LogP contribution is -2.44. The summed E-state index contributed by atoms with van der Waals surface area (Å²) >= 11 is 0. The van der Waals surface area contributed by atoms with Gasteiger partial charge in [-0.1, -0.05) is 6.92 Å². The molecule has 2 rings (SSSR count). The molecule has 0 bridgehead atoms. The molecule has 1 N–H and O–H groups in total. The summed E-state index contributed by atoms with van der Waals surface area (Å²) in [6.45, 7) is 4.79. The van der Waals surface area contributed by atoms with E-state index in [1.165, 1.54) is 0 Å². The number of anilines is 1. The van der Waals surface area contributed by atoms with Gasteiger partial charge >= 0.3 is 0 Å². The molecule has 1 amide bonds. The second-order valence-electron chi connectivity index (χ2n) is 4.75. The first-order chi connectivity index (χ1) is 8.09. The highest BCUT2D eigenvalue weighted by Gasteiger charge is 2.49. The van der Waals surface area contributed by atoms with Gasteiger partial charge in [-0.05, 0) is 25.7 Å². The third-order valence-corrected chi connectivity index (χ3v) is 3.26. The molecule has 0 atom stereocenters. The zero-order valence-electron chi connectivity index (χ0n) is 10.1. The number of aromatic nitrogens is 2. The second-order valence-corrected chi connectivity index (χ2v) is 4.75. The third kappa shape index (κ3) is 2.03. The van der Waals surface area contributed by atoms with Crippen molar-refractivity contribution in [1.82, 2.24) is 9.78 Å². The van der Waals surface area contributed by atoms with Crippen LogP contribution in [0, 0.1) is 22.7 Å². The maximum atomic E-state index is 12.0. The molecule has 0 radical (unpaired) electrons. The lowest BCUT2D eigenvalue weighted by atomic mass is 9.63. The quantitative estimate of drug-likeness (QED) is 0.863. The van der Waals surface area contributed by atoms with Crippen LogP contribution in [0.2, 0.25) is 0 Å². The molecule has 5 nitrogen and oxygen atoms in total. The Labute approximate surface area is 100 Å². The summed E-state index contributed by atoms with van der Waals surface area (Å²) in [6, 6.07) is 2.15. The van der Waals surface area contributed by atoms with Crippen molar-refractivity contribution in [3.8, 4) is 6.07 Å². The number of rotatable bonds is 3. The average molecular weight is 232 g/mol. The summed E-state index contributed by atoms with van der Waals surface area (Å²) in [4.78, 5) is 12.0. The van der Waals surface area contributed by atoms with Crippen molar-refractivity contribution >= 4 is 11.6 Å². The van der Waals surface area contributed by atoms with Crippen LogP contribution in [0.25, 0.3) is 0 Å². The minimum absolute atomic E-state index is 0.200. The van der Waals surface area contributed by atoms with E-state index in [1.54, 1.807) is 17.1 Å². The smallest absolute Gasteiger partial charge is 0.244 e. The number of hydrogen-bond donors (Lipinski definition) is 1. The largest absolute Gasteiger partial charge is 0.322 e. The molecule has 1 aliphatic rings. The van der Waals surface area contributed by atoms with E-state index < -0.39 is 5.41 Å². The highest BCUT2D eigenvalue weighted by Crippen LogP contribution is 2.45. The van der Waals surface area contributed by atoms with Crippen LogP contribution in [0.3, 0.4) is 0 Å². The molecule has 1 heterocycles. The summed E-state index contributed by atoms with van der Waals surface area (Å²) in [5.74, 6) is 0.257. The molecule has 0 aliphatic heterocycles. The minimum Gasteiger partial charge on any atom is -0.322 e. The van der Waals surface area contributed by atoms with Gasteiger partial charge in [-0.25, -0.2) is 0 Å². The first-order valence-corrected chi connectivity index (χ1v) is 5.85. The van der Waals surface area contributed by atoms with Gasteiger partial charge < -0.3 is 5.32 Å². The van der Waals surface area contributed by atoms with Crippen molar-refractivity contribution in [1.29, 1.82) is 5.26 Å². The Bertz CT molecular complexity index is 465. The molecule has 1 aromatic rings. The molecule has 90 valence electrons. The van der Waals surface area contributed by atoms with Crippen LogP contribution >= 0.6 is 0 Å². The van der Waals surface area contributed by atoms with E-state index in [4.69, 9.17) is 5.26 Å². The number of carbonyl (C=O) groups is 1. The third-order valence-electron chi connectivity index (χ3n) is 3.26. The lowest BCUT2D eigenvalue weighted by Gasteiger charge is -2.38. The number of amides is 1. The predicted octanol–water partition coefficient (Wildman–Crippen LogP) is 1.78. The van der Waals surface area contributed by atoms with Crippen molar-refractivity contribution in [2.75, 3.05) is 5.32 Å². The number of nitrogens with one attached hydrogen (secondary N) is 1.